The van der Waals surface area contributed by atoms with Gasteiger partial charge in [-0.05, 0) is 59.2 Å². The average molecular weight is 579 g/mol. The summed E-state index contributed by atoms with van der Waals surface area (Å²) in [6, 6.07) is 30.9. The first-order valence-electron chi connectivity index (χ1n) is 13.8. The summed E-state index contributed by atoms with van der Waals surface area (Å²) in [5.41, 5.74) is 2.89. The zero-order chi connectivity index (χ0) is 29.6. The van der Waals surface area contributed by atoms with Crippen LogP contribution in [0.25, 0.3) is 6.08 Å². The van der Waals surface area contributed by atoms with E-state index in [-0.39, 0.29) is 23.8 Å². The fraction of sp³-hybridized carbons (Fsp3) is 0.194. The van der Waals surface area contributed by atoms with E-state index in [2.05, 4.69) is 0 Å². The number of Topliss-reactive ketones (excluding diaryl/α,β-unsaturated/α-hetero) is 2. The fourth-order valence-corrected chi connectivity index (χ4v) is 5.99. The van der Waals surface area contributed by atoms with Crippen LogP contribution in [0.5, 0.6) is 11.5 Å². The van der Waals surface area contributed by atoms with E-state index < -0.39 is 23.7 Å². The summed E-state index contributed by atoms with van der Waals surface area (Å²) in [7, 11) is 3.18. The summed E-state index contributed by atoms with van der Waals surface area (Å²) < 4.78 is 10.6. The number of allylic oxidation sites excluding steroid dienone is 1. The maximum Gasteiger partial charge on any atom is 0.167 e. The zero-order valence-electron chi connectivity index (χ0n) is 23.4. The number of ether oxygens (including phenoxy) is 2. The number of methoxy groups -OCH3 is 2. The number of rotatable bonds is 9. The van der Waals surface area contributed by atoms with Crippen molar-refractivity contribution >= 4 is 35.0 Å². The molecule has 4 atom stereocenters. The van der Waals surface area contributed by atoms with Crippen molar-refractivity contribution in [2.45, 2.75) is 18.3 Å². The van der Waals surface area contributed by atoms with Crippen LogP contribution >= 0.6 is 11.6 Å². The first-order valence-corrected chi connectivity index (χ1v) is 14.1. The van der Waals surface area contributed by atoms with Crippen molar-refractivity contribution in [2.24, 2.45) is 11.8 Å². The Hall–Kier alpha value is -4.48. The second-order valence-corrected chi connectivity index (χ2v) is 10.8. The molecule has 4 aromatic rings. The van der Waals surface area contributed by atoms with E-state index in [1.165, 1.54) is 6.08 Å². The third kappa shape index (κ3) is 6.22. The first kappa shape index (κ1) is 29.0. The summed E-state index contributed by atoms with van der Waals surface area (Å²) in [4.78, 5) is 42.2. The lowest BCUT2D eigenvalue weighted by Crippen LogP contribution is -2.44. The summed E-state index contributed by atoms with van der Waals surface area (Å²) >= 11 is 6.23. The topological polar surface area (TPSA) is 69.7 Å². The lowest BCUT2D eigenvalue weighted by atomic mass is 9.59. The Balaban J connectivity index is 1.61. The fourth-order valence-electron chi connectivity index (χ4n) is 5.86. The minimum absolute atomic E-state index is 0.0619. The van der Waals surface area contributed by atoms with Gasteiger partial charge in [-0.2, -0.15) is 0 Å². The van der Waals surface area contributed by atoms with E-state index in [0.717, 1.165) is 16.7 Å². The van der Waals surface area contributed by atoms with Gasteiger partial charge >= 0.3 is 0 Å². The Kier molecular flexibility index (Phi) is 8.99. The largest absolute Gasteiger partial charge is 0.497 e. The Morgan fingerprint density at radius 2 is 1.33 bits per heavy atom. The molecule has 1 fully saturated rings. The van der Waals surface area contributed by atoms with Gasteiger partial charge < -0.3 is 9.47 Å². The van der Waals surface area contributed by atoms with Crippen molar-refractivity contribution in [1.82, 2.24) is 0 Å². The monoisotopic (exact) mass is 578 g/mol. The van der Waals surface area contributed by atoms with Gasteiger partial charge in [0.2, 0.25) is 0 Å². The van der Waals surface area contributed by atoms with Gasteiger partial charge in [0.05, 0.1) is 20.1 Å². The number of benzene rings is 4. The molecule has 42 heavy (non-hydrogen) atoms. The van der Waals surface area contributed by atoms with Crippen LogP contribution < -0.4 is 9.47 Å². The third-order valence-corrected chi connectivity index (χ3v) is 8.22. The molecule has 0 radical (unpaired) electrons. The lowest BCUT2D eigenvalue weighted by molar-refractivity contribution is -0.134. The smallest absolute Gasteiger partial charge is 0.167 e. The molecule has 6 heteroatoms. The van der Waals surface area contributed by atoms with Gasteiger partial charge in [0.1, 0.15) is 17.3 Å². The number of ketones is 3. The van der Waals surface area contributed by atoms with Crippen molar-refractivity contribution in [3.05, 3.63) is 136 Å². The molecule has 0 amide bonds. The highest BCUT2D eigenvalue weighted by Crippen LogP contribution is 2.50. The van der Waals surface area contributed by atoms with Gasteiger partial charge in [0, 0.05) is 34.8 Å². The van der Waals surface area contributed by atoms with Crippen molar-refractivity contribution < 1.29 is 23.9 Å². The van der Waals surface area contributed by atoms with Crippen molar-refractivity contribution in [3.63, 3.8) is 0 Å². The molecule has 5 nitrogen and oxygen atoms in total. The van der Waals surface area contributed by atoms with Gasteiger partial charge in [-0.25, -0.2) is 0 Å². The van der Waals surface area contributed by atoms with Crippen molar-refractivity contribution in [2.75, 3.05) is 14.2 Å². The second kappa shape index (κ2) is 13.0. The molecule has 1 aliphatic rings. The molecule has 0 saturated heterocycles. The summed E-state index contributed by atoms with van der Waals surface area (Å²) in [6.45, 7) is 0. The van der Waals surface area contributed by atoms with Gasteiger partial charge in [0.15, 0.2) is 11.6 Å². The summed E-state index contributed by atoms with van der Waals surface area (Å²) in [5, 5.41) is 0.529. The molecule has 0 aliphatic heterocycles. The Morgan fingerprint density at radius 1 is 0.762 bits per heavy atom. The maximum absolute atomic E-state index is 14.4. The Labute approximate surface area is 250 Å². The Bertz CT molecular complexity index is 1580. The quantitative estimate of drug-likeness (QED) is 0.116. The minimum Gasteiger partial charge on any atom is -0.497 e. The second-order valence-electron chi connectivity index (χ2n) is 10.4. The van der Waals surface area contributed by atoms with Gasteiger partial charge in [0.25, 0.3) is 0 Å². The highest BCUT2D eigenvalue weighted by molar-refractivity contribution is 6.30. The van der Waals surface area contributed by atoms with Gasteiger partial charge in [-0.1, -0.05) is 84.4 Å². The standard InChI is InChI=1S/C36H31ClO5/c1-41-28-17-8-23(9-18-28)10-21-31(38)35-32(39)22-30(24-13-19-29(42-2)20-14-24)34(36(40)26-6-4-3-5-7-26)33(35)25-11-15-27(37)16-12-25/h3-21,30,33-35H,22H2,1-2H3/b21-10+/t30-,33-,34+,35?/m1/s1. The van der Waals surface area contributed by atoms with E-state index >= 15 is 0 Å². The highest BCUT2D eigenvalue weighted by Gasteiger charge is 2.50. The lowest BCUT2D eigenvalue weighted by Gasteiger charge is -2.41. The molecule has 1 unspecified atom stereocenters. The predicted molar refractivity (Wildman–Crippen MR) is 164 cm³/mol. The molecule has 1 aliphatic carbocycles. The summed E-state index contributed by atoms with van der Waals surface area (Å²) in [6.07, 6.45) is 3.20. The first-order chi connectivity index (χ1) is 20.4. The molecule has 5 rings (SSSR count). The molecule has 0 N–H and O–H groups in total. The summed E-state index contributed by atoms with van der Waals surface area (Å²) in [5.74, 6) is -2.11. The number of carbonyl (C=O) groups excluding carboxylic acids is 3. The minimum atomic E-state index is -1.03. The van der Waals surface area contributed by atoms with Crippen molar-refractivity contribution in [1.29, 1.82) is 0 Å². The van der Waals surface area contributed by atoms with E-state index in [4.69, 9.17) is 21.1 Å². The van der Waals surface area contributed by atoms with Crippen LogP contribution in [0.15, 0.2) is 109 Å². The van der Waals surface area contributed by atoms with Crippen LogP contribution in [0, 0.1) is 11.8 Å². The number of hydrogen-bond donors (Lipinski definition) is 0. The maximum atomic E-state index is 14.4. The van der Waals surface area contributed by atoms with Crippen LogP contribution in [0.3, 0.4) is 0 Å². The van der Waals surface area contributed by atoms with Crippen LogP contribution in [0.1, 0.15) is 45.3 Å². The average Bonchev–Trinajstić information content (AvgIpc) is 3.04. The molecule has 0 heterocycles. The van der Waals surface area contributed by atoms with E-state index in [1.807, 2.05) is 66.7 Å². The molecular weight excluding hydrogens is 548 g/mol. The number of hydrogen-bond acceptors (Lipinski definition) is 5. The van der Waals surface area contributed by atoms with Crippen LogP contribution in [0.4, 0.5) is 0 Å². The number of halogens is 1. The molecular formula is C36H31ClO5. The van der Waals surface area contributed by atoms with Crippen LogP contribution in [-0.2, 0) is 9.59 Å². The van der Waals surface area contributed by atoms with E-state index in [1.54, 1.807) is 56.7 Å². The molecule has 0 aromatic heterocycles. The molecule has 0 spiro atoms. The molecule has 1 saturated carbocycles. The normalized spacial score (nSPS) is 20.3. The Morgan fingerprint density at radius 3 is 1.93 bits per heavy atom. The van der Waals surface area contributed by atoms with Crippen molar-refractivity contribution in [3.8, 4) is 11.5 Å². The molecule has 4 aromatic carbocycles. The van der Waals surface area contributed by atoms with Crippen LogP contribution in [-0.4, -0.2) is 31.6 Å². The molecule has 0 bridgehead atoms. The predicted octanol–water partition coefficient (Wildman–Crippen LogP) is 7.60. The van der Waals surface area contributed by atoms with Gasteiger partial charge in [-0.3, -0.25) is 14.4 Å². The molecule has 212 valence electrons. The van der Waals surface area contributed by atoms with Gasteiger partial charge in [-0.15, -0.1) is 0 Å². The zero-order valence-corrected chi connectivity index (χ0v) is 24.2. The highest BCUT2D eigenvalue weighted by atomic mass is 35.5. The number of carbonyl (C=O) groups is 3. The SMILES string of the molecule is COc1ccc(/C=C/C(=O)C2C(=O)C[C@H](c3ccc(OC)cc3)[C@H](C(=O)c3ccccc3)[C@H]2c2ccc(Cl)cc2)cc1. The van der Waals surface area contributed by atoms with E-state index in [0.29, 0.717) is 22.1 Å². The third-order valence-electron chi connectivity index (χ3n) is 7.97. The van der Waals surface area contributed by atoms with Crippen LogP contribution in [0.2, 0.25) is 5.02 Å². The van der Waals surface area contributed by atoms with E-state index in [9.17, 15) is 14.4 Å².